The fourth-order valence-corrected chi connectivity index (χ4v) is 2.42. The summed E-state index contributed by atoms with van der Waals surface area (Å²) in [7, 11) is -2.38. The molecule has 2 aromatic rings. The number of H-pyrrole nitrogens is 1. The highest BCUT2D eigenvalue weighted by Crippen LogP contribution is 2.16. The van der Waals surface area contributed by atoms with Crippen molar-refractivity contribution in [2.24, 2.45) is 12.8 Å². The van der Waals surface area contributed by atoms with E-state index in [1.807, 2.05) is 0 Å². The summed E-state index contributed by atoms with van der Waals surface area (Å²) in [5.74, 6) is -0.825. The minimum absolute atomic E-state index is 0.0169. The van der Waals surface area contributed by atoms with Gasteiger partial charge in [0, 0.05) is 19.3 Å². The molecular weight excluding hydrogens is 296 g/mol. The number of halogens is 1. The summed E-state index contributed by atoms with van der Waals surface area (Å²) in [4.78, 5) is 14.5. The number of aromatic nitrogens is 4. The second-order valence-electron chi connectivity index (χ2n) is 3.60. The second-order valence-corrected chi connectivity index (χ2v) is 5.56. The monoisotopic (exact) mass is 304 g/mol. The van der Waals surface area contributed by atoms with E-state index in [1.165, 1.54) is 16.8 Å². The van der Waals surface area contributed by atoms with Crippen LogP contribution >= 0.6 is 11.6 Å². The van der Waals surface area contributed by atoms with E-state index in [2.05, 4.69) is 19.9 Å². The van der Waals surface area contributed by atoms with E-state index in [4.69, 9.17) is 17.3 Å². The number of imidazole rings is 1. The van der Waals surface area contributed by atoms with E-state index >= 15 is 0 Å². The van der Waals surface area contributed by atoms with Crippen LogP contribution in [0.4, 0.5) is 5.82 Å². The average Bonchev–Trinajstić information content (AvgIpc) is 2.87. The van der Waals surface area contributed by atoms with E-state index in [0.717, 1.165) is 0 Å². The molecule has 0 radical (unpaired) electrons. The number of nitrogens with zero attached hydrogens (tertiary/aromatic N) is 3. The van der Waals surface area contributed by atoms with E-state index in [9.17, 15) is 13.2 Å². The summed E-state index contributed by atoms with van der Waals surface area (Å²) in [6, 6.07) is 1.17. The van der Waals surface area contributed by atoms with Crippen molar-refractivity contribution in [3.63, 3.8) is 0 Å². The Morgan fingerprint density at radius 1 is 1.58 bits per heavy atom. The van der Waals surface area contributed by atoms with Gasteiger partial charge in [-0.25, -0.2) is 4.98 Å². The molecule has 0 saturated carbocycles. The lowest BCUT2D eigenvalue weighted by Gasteiger charge is -2.00. The highest BCUT2D eigenvalue weighted by Gasteiger charge is 2.20. The van der Waals surface area contributed by atoms with Crippen molar-refractivity contribution in [1.29, 1.82) is 0 Å². The van der Waals surface area contributed by atoms with Gasteiger partial charge < -0.3 is 10.3 Å². The van der Waals surface area contributed by atoms with Gasteiger partial charge in [-0.3, -0.25) is 14.6 Å². The van der Waals surface area contributed by atoms with Gasteiger partial charge in [0.2, 0.25) is 5.28 Å². The molecule has 0 aliphatic carbocycles. The molecule has 0 aliphatic rings. The number of sulfonamides is 1. The van der Waals surface area contributed by atoms with Crippen molar-refractivity contribution in [2.75, 3.05) is 4.72 Å². The first kappa shape index (κ1) is 13.4. The summed E-state index contributed by atoms with van der Waals surface area (Å²) in [5, 5.41) is 5.65. The average molecular weight is 305 g/mol. The number of anilines is 1. The van der Waals surface area contributed by atoms with Gasteiger partial charge in [-0.1, -0.05) is 0 Å². The number of carbonyl (C=O) groups is 1. The topological polar surface area (TPSA) is 136 Å². The molecule has 2 rings (SSSR count). The van der Waals surface area contributed by atoms with Crippen LogP contribution in [-0.2, 0) is 17.1 Å². The number of carbonyl (C=O) groups excluding carboxylic acids is 1. The first-order chi connectivity index (χ1) is 8.79. The molecule has 19 heavy (non-hydrogen) atoms. The first-order valence-electron chi connectivity index (χ1n) is 4.86. The van der Waals surface area contributed by atoms with Crippen LogP contribution in [0.2, 0.25) is 5.28 Å². The Morgan fingerprint density at radius 3 is 2.74 bits per heavy atom. The maximum absolute atomic E-state index is 11.9. The van der Waals surface area contributed by atoms with E-state index in [-0.39, 0.29) is 21.8 Å². The quantitative estimate of drug-likeness (QED) is 0.712. The number of nitrogens with one attached hydrogen (secondary N) is 2. The fourth-order valence-electron chi connectivity index (χ4n) is 1.24. The zero-order valence-electron chi connectivity index (χ0n) is 9.58. The van der Waals surface area contributed by atoms with Gasteiger partial charge in [0.1, 0.15) is 5.69 Å². The number of aryl methyl sites for hydroxylation is 1. The molecule has 0 bridgehead atoms. The molecule has 0 aliphatic heterocycles. The largest absolute Gasteiger partial charge is 0.364 e. The smallest absolute Gasteiger partial charge is 0.282 e. The molecule has 102 valence electrons. The molecule has 0 fully saturated rings. The number of hydrogen-bond donors (Lipinski definition) is 3. The van der Waals surface area contributed by atoms with Crippen LogP contribution in [0.3, 0.4) is 0 Å². The van der Waals surface area contributed by atoms with Crippen molar-refractivity contribution in [3.8, 4) is 0 Å². The van der Waals surface area contributed by atoms with E-state index in [0.29, 0.717) is 0 Å². The molecule has 1 amide bonds. The van der Waals surface area contributed by atoms with Crippen LogP contribution in [-0.4, -0.2) is 34.1 Å². The Hall–Kier alpha value is -2.07. The molecule has 2 heterocycles. The third-order valence-corrected chi connectivity index (χ3v) is 3.73. The minimum Gasteiger partial charge on any atom is -0.364 e. The highest BCUT2D eigenvalue weighted by atomic mass is 35.5. The Bertz CT molecular complexity index is 714. The Morgan fingerprint density at radius 2 is 2.26 bits per heavy atom. The maximum atomic E-state index is 11.9. The SMILES string of the molecule is Cn1cc(S(=O)(=O)Nc2cc(C(N)=O)[nH]n2)nc1Cl. The molecule has 0 unspecified atom stereocenters. The number of primary amides is 1. The number of rotatable bonds is 4. The summed E-state index contributed by atoms with van der Waals surface area (Å²) in [5.41, 5.74) is 4.99. The van der Waals surface area contributed by atoms with Crippen LogP contribution in [0.1, 0.15) is 10.5 Å². The van der Waals surface area contributed by atoms with Gasteiger partial charge in [0.15, 0.2) is 10.8 Å². The van der Waals surface area contributed by atoms with Gasteiger partial charge in [-0.05, 0) is 11.6 Å². The standard InChI is InChI=1S/C8H9ClN6O3S/c1-15-3-6(11-8(15)9)19(17,18)14-5-2-4(7(10)16)12-13-5/h2-3H,1H3,(H2,10,16)(H2,12,13,14). The lowest BCUT2D eigenvalue weighted by Crippen LogP contribution is -2.13. The fraction of sp³-hybridized carbons (Fsp3) is 0.125. The predicted molar refractivity (Wildman–Crippen MR) is 66.1 cm³/mol. The maximum Gasteiger partial charge on any atom is 0.282 e. The van der Waals surface area contributed by atoms with Gasteiger partial charge in [-0.15, -0.1) is 0 Å². The van der Waals surface area contributed by atoms with Crippen molar-refractivity contribution >= 4 is 33.3 Å². The normalized spacial score (nSPS) is 11.5. The van der Waals surface area contributed by atoms with Crippen LogP contribution in [0.15, 0.2) is 17.3 Å². The highest BCUT2D eigenvalue weighted by molar-refractivity contribution is 7.92. The number of hydrogen-bond acceptors (Lipinski definition) is 5. The Labute approximate surface area is 112 Å². The van der Waals surface area contributed by atoms with Crippen LogP contribution < -0.4 is 10.5 Å². The second kappa shape index (κ2) is 4.55. The number of nitrogens with two attached hydrogens (primary N) is 1. The molecule has 11 heteroatoms. The van der Waals surface area contributed by atoms with Crippen LogP contribution in [0, 0.1) is 0 Å². The summed E-state index contributed by atoms with van der Waals surface area (Å²) in [6.07, 6.45) is 1.24. The van der Waals surface area contributed by atoms with Gasteiger partial charge in [0.05, 0.1) is 0 Å². The lowest BCUT2D eigenvalue weighted by molar-refractivity contribution is 0.0995. The van der Waals surface area contributed by atoms with Gasteiger partial charge in [0.25, 0.3) is 15.9 Å². The third-order valence-electron chi connectivity index (χ3n) is 2.16. The van der Waals surface area contributed by atoms with E-state index < -0.39 is 15.9 Å². The van der Waals surface area contributed by atoms with Gasteiger partial charge in [-0.2, -0.15) is 13.5 Å². The number of aromatic amines is 1. The van der Waals surface area contributed by atoms with E-state index in [1.54, 1.807) is 7.05 Å². The summed E-state index contributed by atoms with van der Waals surface area (Å²) >= 11 is 5.66. The molecular formula is C8H9ClN6O3S. The molecule has 0 spiro atoms. The minimum atomic E-state index is -3.93. The van der Waals surface area contributed by atoms with Crippen LogP contribution in [0.5, 0.6) is 0 Å². The number of amides is 1. The first-order valence-corrected chi connectivity index (χ1v) is 6.72. The van der Waals surface area contributed by atoms with Gasteiger partial charge >= 0.3 is 0 Å². The van der Waals surface area contributed by atoms with Crippen molar-refractivity contribution in [3.05, 3.63) is 23.2 Å². The zero-order valence-corrected chi connectivity index (χ0v) is 11.2. The van der Waals surface area contributed by atoms with Crippen molar-refractivity contribution in [1.82, 2.24) is 19.7 Å². The van der Waals surface area contributed by atoms with Crippen molar-refractivity contribution in [2.45, 2.75) is 5.03 Å². The molecule has 0 aromatic carbocycles. The molecule has 0 saturated heterocycles. The lowest BCUT2D eigenvalue weighted by atomic mass is 10.4. The van der Waals surface area contributed by atoms with Crippen LogP contribution in [0.25, 0.3) is 0 Å². The molecule has 9 nitrogen and oxygen atoms in total. The molecule has 4 N–H and O–H groups in total. The molecule has 2 aromatic heterocycles. The van der Waals surface area contributed by atoms with Crippen molar-refractivity contribution < 1.29 is 13.2 Å². The zero-order chi connectivity index (χ0) is 14.2. The third kappa shape index (κ3) is 2.69. The molecule has 0 atom stereocenters. The Kier molecular flexibility index (Phi) is 3.20. The summed E-state index contributed by atoms with van der Waals surface area (Å²) < 4.78 is 27.3. The predicted octanol–water partition coefficient (Wildman–Crippen LogP) is -0.304. The Balaban J connectivity index is 2.28. The summed E-state index contributed by atoms with van der Waals surface area (Å²) in [6.45, 7) is 0.